The second-order valence-corrected chi connectivity index (χ2v) is 5.22. The van der Waals surface area contributed by atoms with Crippen LogP contribution in [0.15, 0.2) is 12.1 Å². The summed E-state index contributed by atoms with van der Waals surface area (Å²) < 4.78 is 28.3. The Morgan fingerprint density at radius 2 is 1.71 bits per heavy atom. The van der Waals surface area contributed by atoms with Crippen molar-refractivity contribution in [2.75, 3.05) is 18.0 Å². The molecule has 0 radical (unpaired) electrons. The Balaban J connectivity index is 1.91. The Bertz CT molecular complexity index is 629. The van der Waals surface area contributed by atoms with Gasteiger partial charge in [-0.1, -0.05) is 0 Å². The van der Waals surface area contributed by atoms with Gasteiger partial charge in [-0.2, -0.15) is 0 Å². The smallest absolute Gasteiger partial charge is 0.234 e. The van der Waals surface area contributed by atoms with Crippen LogP contribution in [0.3, 0.4) is 0 Å². The van der Waals surface area contributed by atoms with Gasteiger partial charge < -0.3 is 4.90 Å². The Morgan fingerprint density at radius 1 is 1.10 bits per heavy atom. The molecule has 2 amide bonds. The predicted molar refractivity (Wildman–Crippen MR) is 68.7 cm³/mol. The number of amides is 2. The van der Waals surface area contributed by atoms with Crippen molar-refractivity contribution in [3.8, 4) is 0 Å². The molecule has 0 spiro atoms. The van der Waals surface area contributed by atoms with Gasteiger partial charge in [0, 0.05) is 17.7 Å². The lowest BCUT2D eigenvalue weighted by Gasteiger charge is -2.32. The monoisotopic (exact) mass is 294 g/mol. The normalized spacial score (nSPS) is 22.1. The number of rotatable bonds is 2. The van der Waals surface area contributed by atoms with Crippen LogP contribution in [0.5, 0.6) is 0 Å². The van der Waals surface area contributed by atoms with Crippen molar-refractivity contribution in [3.05, 3.63) is 29.3 Å². The lowest BCUT2D eigenvalue weighted by Crippen LogP contribution is -2.47. The summed E-state index contributed by atoms with van der Waals surface area (Å²) in [5.74, 6) is -3.79. The quantitative estimate of drug-likeness (QED) is 0.822. The fourth-order valence-electron chi connectivity index (χ4n) is 2.62. The molecule has 1 aromatic rings. The SMILES string of the molecule is O=C1CN(c2cc(F)c([C@H]3CCC(=O)NC3=O)c(F)c2)C1. The summed E-state index contributed by atoms with van der Waals surface area (Å²) in [5.41, 5.74) is -0.0451. The molecule has 110 valence electrons. The molecule has 5 nitrogen and oxygen atoms in total. The van der Waals surface area contributed by atoms with Gasteiger partial charge in [0.25, 0.3) is 0 Å². The minimum atomic E-state index is -1.00. The first kappa shape index (κ1) is 13.7. The summed E-state index contributed by atoms with van der Waals surface area (Å²) in [4.78, 5) is 35.3. The highest BCUT2D eigenvalue weighted by Crippen LogP contribution is 2.32. The number of carbonyl (C=O) groups is 3. The number of piperidine rings is 1. The maximum atomic E-state index is 14.2. The van der Waals surface area contributed by atoms with E-state index in [-0.39, 0.29) is 43.0 Å². The highest BCUT2D eigenvalue weighted by atomic mass is 19.1. The molecule has 2 aliphatic rings. The van der Waals surface area contributed by atoms with Gasteiger partial charge in [-0.15, -0.1) is 0 Å². The van der Waals surface area contributed by atoms with Crippen LogP contribution in [-0.2, 0) is 14.4 Å². The minimum absolute atomic E-state index is 0.00469. The fourth-order valence-corrected chi connectivity index (χ4v) is 2.62. The third kappa shape index (κ3) is 2.39. The van der Waals surface area contributed by atoms with Crippen molar-refractivity contribution in [2.45, 2.75) is 18.8 Å². The Hall–Kier alpha value is -2.31. The fraction of sp³-hybridized carbons (Fsp3) is 0.357. The minimum Gasteiger partial charge on any atom is -0.357 e. The predicted octanol–water partition coefficient (Wildman–Crippen LogP) is 0.874. The first-order chi connectivity index (χ1) is 9.95. The molecule has 2 fully saturated rings. The maximum absolute atomic E-state index is 14.2. The van der Waals surface area contributed by atoms with Crippen LogP contribution >= 0.6 is 0 Å². The van der Waals surface area contributed by atoms with Gasteiger partial charge in [0.2, 0.25) is 11.8 Å². The molecule has 2 aliphatic heterocycles. The molecule has 0 saturated carbocycles. The van der Waals surface area contributed by atoms with E-state index >= 15 is 0 Å². The van der Waals surface area contributed by atoms with Gasteiger partial charge in [-0.25, -0.2) is 8.78 Å². The third-order valence-corrected chi connectivity index (χ3v) is 3.75. The number of anilines is 1. The summed E-state index contributed by atoms with van der Waals surface area (Å²) in [6.45, 7) is 0.271. The molecule has 2 heterocycles. The van der Waals surface area contributed by atoms with E-state index in [1.807, 2.05) is 0 Å². The Morgan fingerprint density at radius 3 is 2.24 bits per heavy atom. The number of hydrogen-bond donors (Lipinski definition) is 1. The summed E-state index contributed by atoms with van der Waals surface area (Å²) >= 11 is 0. The zero-order chi connectivity index (χ0) is 15.1. The zero-order valence-corrected chi connectivity index (χ0v) is 11.0. The average Bonchev–Trinajstić information content (AvgIpc) is 2.36. The van der Waals surface area contributed by atoms with E-state index in [4.69, 9.17) is 0 Å². The van der Waals surface area contributed by atoms with Gasteiger partial charge in [-0.05, 0) is 18.6 Å². The van der Waals surface area contributed by atoms with Crippen LogP contribution in [-0.4, -0.2) is 30.7 Å². The summed E-state index contributed by atoms with van der Waals surface area (Å²) in [6, 6.07) is 2.24. The molecule has 0 bridgehead atoms. The number of nitrogens with one attached hydrogen (secondary N) is 1. The second kappa shape index (κ2) is 4.91. The standard InChI is InChI=1S/C14H12F2N2O3/c15-10-3-7(18-5-8(19)6-18)4-11(16)13(10)9-1-2-12(20)17-14(9)21/h3-4,9H,1-2,5-6H2,(H,17,20,21)/t9-/m1/s1. The molecule has 1 aromatic carbocycles. The molecule has 0 aromatic heterocycles. The number of imide groups is 1. The topological polar surface area (TPSA) is 66.5 Å². The molecule has 7 heteroatoms. The van der Waals surface area contributed by atoms with E-state index in [0.29, 0.717) is 0 Å². The van der Waals surface area contributed by atoms with Crippen LogP contribution < -0.4 is 10.2 Å². The van der Waals surface area contributed by atoms with Crippen molar-refractivity contribution in [2.24, 2.45) is 0 Å². The zero-order valence-electron chi connectivity index (χ0n) is 11.0. The van der Waals surface area contributed by atoms with Gasteiger partial charge >= 0.3 is 0 Å². The molecular formula is C14H12F2N2O3. The second-order valence-electron chi connectivity index (χ2n) is 5.22. The van der Waals surface area contributed by atoms with Crippen LogP contribution in [0.4, 0.5) is 14.5 Å². The lowest BCUT2D eigenvalue weighted by atomic mass is 9.89. The van der Waals surface area contributed by atoms with E-state index in [1.165, 1.54) is 0 Å². The largest absolute Gasteiger partial charge is 0.357 e. The van der Waals surface area contributed by atoms with Crippen molar-refractivity contribution in [1.82, 2.24) is 5.32 Å². The summed E-state index contributed by atoms with van der Waals surface area (Å²) in [6.07, 6.45) is 0.137. The molecule has 3 rings (SSSR count). The van der Waals surface area contributed by atoms with E-state index in [1.54, 1.807) is 4.90 Å². The highest BCUT2D eigenvalue weighted by molar-refractivity contribution is 6.01. The van der Waals surface area contributed by atoms with Gasteiger partial charge in [0.15, 0.2) is 5.78 Å². The molecule has 0 unspecified atom stereocenters. The van der Waals surface area contributed by atoms with Crippen LogP contribution in [0.1, 0.15) is 24.3 Å². The van der Waals surface area contributed by atoms with Crippen LogP contribution in [0, 0.1) is 11.6 Å². The molecule has 21 heavy (non-hydrogen) atoms. The van der Waals surface area contributed by atoms with Gasteiger partial charge in [-0.3, -0.25) is 19.7 Å². The first-order valence-corrected chi connectivity index (χ1v) is 6.55. The van der Waals surface area contributed by atoms with E-state index in [0.717, 1.165) is 12.1 Å². The van der Waals surface area contributed by atoms with Gasteiger partial charge in [0.1, 0.15) is 11.6 Å². The van der Waals surface area contributed by atoms with Crippen LogP contribution in [0.2, 0.25) is 0 Å². The number of Topliss-reactive ketones (excluding diaryl/α,β-unsaturated/α-hetero) is 1. The number of hydrogen-bond acceptors (Lipinski definition) is 4. The molecule has 1 atom stereocenters. The first-order valence-electron chi connectivity index (χ1n) is 6.55. The summed E-state index contributed by atoms with van der Waals surface area (Å²) in [7, 11) is 0. The Labute approximate surface area is 118 Å². The van der Waals surface area contributed by atoms with E-state index in [9.17, 15) is 23.2 Å². The third-order valence-electron chi connectivity index (χ3n) is 3.75. The van der Waals surface area contributed by atoms with Crippen molar-refractivity contribution in [3.63, 3.8) is 0 Å². The van der Waals surface area contributed by atoms with Crippen LogP contribution in [0.25, 0.3) is 0 Å². The average molecular weight is 294 g/mol. The number of benzene rings is 1. The molecule has 1 N–H and O–H groups in total. The van der Waals surface area contributed by atoms with Gasteiger partial charge in [0.05, 0.1) is 19.0 Å². The van der Waals surface area contributed by atoms with E-state index < -0.39 is 29.4 Å². The number of halogens is 2. The lowest BCUT2D eigenvalue weighted by molar-refractivity contribution is -0.134. The Kier molecular flexibility index (Phi) is 3.19. The maximum Gasteiger partial charge on any atom is 0.234 e. The number of carbonyl (C=O) groups excluding carboxylic acids is 3. The van der Waals surface area contributed by atoms with Crippen molar-refractivity contribution < 1.29 is 23.2 Å². The number of ketones is 1. The van der Waals surface area contributed by atoms with Crippen molar-refractivity contribution in [1.29, 1.82) is 0 Å². The van der Waals surface area contributed by atoms with E-state index in [2.05, 4.69) is 5.32 Å². The highest BCUT2D eigenvalue weighted by Gasteiger charge is 2.33. The number of nitrogens with zero attached hydrogens (tertiary/aromatic N) is 1. The molecule has 2 saturated heterocycles. The summed E-state index contributed by atoms with van der Waals surface area (Å²) in [5, 5.41) is 2.08. The molecule has 0 aliphatic carbocycles. The van der Waals surface area contributed by atoms with Crippen molar-refractivity contribution >= 4 is 23.3 Å². The molecular weight excluding hydrogens is 282 g/mol.